The number of benzene rings is 1. The lowest BCUT2D eigenvalue weighted by atomic mass is 9.96. The van der Waals surface area contributed by atoms with Gasteiger partial charge in [-0.25, -0.2) is 4.39 Å². The first-order valence-corrected chi connectivity index (χ1v) is 6.45. The summed E-state index contributed by atoms with van der Waals surface area (Å²) in [5.41, 5.74) is 6.97. The van der Waals surface area contributed by atoms with E-state index in [9.17, 15) is 4.39 Å². The normalized spacial score (nSPS) is 16.4. The van der Waals surface area contributed by atoms with Crippen molar-refractivity contribution in [1.82, 2.24) is 5.32 Å². The number of rotatable bonds is 6. The maximum atomic E-state index is 12.9. The van der Waals surface area contributed by atoms with Crippen LogP contribution >= 0.6 is 24.0 Å². The van der Waals surface area contributed by atoms with Crippen molar-refractivity contribution in [2.75, 3.05) is 26.8 Å². The standard InChI is InChI=1S/C14H20FN3O.HI/c1-19-9-8-17-13(16)18-10-14(6-7-14)11-2-4-12(15)5-3-11;/h2-5H,6-10H2,1H3,(H3,16,17,18);1H. The van der Waals surface area contributed by atoms with E-state index in [-0.39, 0.29) is 35.2 Å². The van der Waals surface area contributed by atoms with Gasteiger partial charge in [-0.1, -0.05) is 12.1 Å². The van der Waals surface area contributed by atoms with Gasteiger partial charge in [0.2, 0.25) is 0 Å². The third kappa shape index (κ3) is 4.59. The highest BCUT2D eigenvalue weighted by Gasteiger charge is 2.44. The van der Waals surface area contributed by atoms with E-state index in [0.717, 1.165) is 18.4 Å². The number of aliphatic imine (C=N–C) groups is 1. The molecule has 0 saturated heterocycles. The minimum atomic E-state index is -0.205. The van der Waals surface area contributed by atoms with Crippen molar-refractivity contribution in [3.63, 3.8) is 0 Å². The molecule has 0 aliphatic heterocycles. The predicted octanol–water partition coefficient (Wildman–Crippen LogP) is 2.03. The highest BCUT2D eigenvalue weighted by atomic mass is 127. The molecule has 1 aliphatic rings. The molecule has 0 aromatic heterocycles. The van der Waals surface area contributed by atoms with E-state index in [0.29, 0.717) is 25.7 Å². The summed E-state index contributed by atoms with van der Waals surface area (Å²) in [5, 5.41) is 2.99. The molecule has 2 rings (SSSR count). The second-order valence-electron chi connectivity index (χ2n) is 4.91. The van der Waals surface area contributed by atoms with E-state index < -0.39 is 0 Å². The molecule has 4 nitrogen and oxygen atoms in total. The molecule has 0 amide bonds. The Kier molecular flexibility index (Phi) is 6.67. The molecular formula is C14H21FIN3O. The number of hydrogen-bond acceptors (Lipinski definition) is 2. The first kappa shape index (κ1) is 17.2. The van der Waals surface area contributed by atoms with Crippen molar-refractivity contribution in [2.45, 2.75) is 18.3 Å². The van der Waals surface area contributed by atoms with Crippen LogP contribution in [-0.2, 0) is 10.2 Å². The molecule has 1 aliphatic carbocycles. The molecule has 1 aromatic rings. The maximum Gasteiger partial charge on any atom is 0.188 e. The Morgan fingerprint density at radius 1 is 1.40 bits per heavy atom. The zero-order valence-corrected chi connectivity index (χ0v) is 13.9. The Hall–Kier alpha value is -0.890. The molecule has 3 N–H and O–H groups in total. The van der Waals surface area contributed by atoms with Gasteiger partial charge in [-0.05, 0) is 30.5 Å². The van der Waals surface area contributed by atoms with Gasteiger partial charge < -0.3 is 15.8 Å². The monoisotopic (exact) mass is 393 g/mol. The van der Waals surface area contributed by atoms with Crippen LogP contribution in [0, 0.1) is 5.82 Å². The van der Waals surface area contributed by atoms with Gasteiger partial charge in [0.05, 0.1) is 13.2 Å². The van der Waals surface area contributed by atoms with Gasteiger partial charge in [0, 0.05) is 19.1 Å². The Morgan fingerprint density at radius 2 is 2.05 bits per heavy atom. The minimum Gasteiger partial charge on any atom is -0.383 e. The first-order chi connectivity index (χ1) is 9.16. The Morgan fingerprint density at radius 3 is 2.60 bits per heavy atom. The third-order valence-corrected chi connectivity index (χ3v) is 3.47. The second-order valence-corrected chi connectivity index (χ2v) is 4.91. The molecule has 1 aromatic carbocycles. The Balaban J connectivity index is 0.00000200. The summed E-state index contributed by atoms with van der Waals surface area (Å²) in [6.07, 6.45) is 2.15. The number of nitrogens with two attached hydrogens (primary N) is 1. The SMILES string of the molecule is COCCNC(N)=NCC1(c2ccc(F)cc2)CC1.I. The van der Waals surface area contributed by atoms with Crippen LogP contribution in [-0.4, -0.2) is 32.8 Å². The molecule has 0 radical (unpaired) electrons. The lowest BCUT2D eigenvalue weighted by Gasteiger charge is -2.13. The quantitative estimate of drug-likeness (QED) is 0.337. The third-order valence-electron chi connectivity index (χ3n) is 3.47. The smallest absolute Gasteiger partial charge is 0.188 e. The molecule has 0 heterocycles. The van der Waals surface area contributed by atoms with Gasteiger partial charge in [-0.15, -0.1) is 24.0 Å². The zero-order chi connectivity index (χ0) is 13.7. The number of ether oxygens (including phenoxy) is 1. The van der Waals surface area contributed by atoms with Crippen LogP contribution in [0.15, 0.2) is 29.3 Å². The lowest BCUT2D eigenvalue weighted by molar-refractivity contribution is 0.204. The van der Waals surface area contributed by atoms with Crippen molar-refractivity contribution in [3.05, 3.63) is 35.6 Å². The van der Waals surface area contributed by atoms with Crippen LogP contribution in [0.25, 0.3) is 0 Å². The van der Waals surface area contributed by atoms with Gasteiger partial charge in [0.15, 0.2) is 5.96 Å². The number of hydrogen-bond donors (Lipinski definition) is 2. The van der Waals surface area contributed by atoms with Crippen LogP contribution in [0.2, 0.25) is 0 Å². The van der Waals surface area contributed by atoms with Crippen LogP contribution in [0.1, 0.15) is 18.4 Å². The van der Waals surface area contributed by atoms with Crippen LogP contribution in [0.3, 0.4) is 0 Å². The number of methoxy groups -OCH3 is 1. The average molecular weight is 393 g/mol. The molecular weight excluding hydrogens is 372 g/mol. The molecule has 0 bridgehead atoms. The second kappa shape index (κ2) is 7.78. The highest BCUT2D eigenvalue weighted by molar-refractivity contribution is 14.0. The van der Waals surface area contributed by atoms with Crippen molar-refractivity contribution >= 4 is 29.9 Å². The number of nitrogens with zero attached hydrogens (tertiary/aromatic N) is 1. The molecule has 1 saturated carbocycles. The van der Waals surface area contributed by atoms with Crippen LogP contribution in [0.4, 0.5) is 4.39 Å². The van der Waals surface area contributed by atoms with Crippen LogP contribution < -0.4 is 11.1 Å². The summed E-state index contributed by atoms with van der Waals surface area (Å²) in [4.78, 5) is 4.36. The molecule has 20 heavy (non-hydrogen) atoms. The fraction of sp³-hybridized carbons (Fsp3) is 0.500. The Labute approximate surface area is 136 Å². The molecule has 0 atom stereocenters. The van der Waals surface area contributed by atoms with Crippen LogP contribution in [0.5, 0.6) is 0 Å². The van der Waals surface area contributed by atoms with Crippen molar-refractivity contribution in [2.24, 2.45) is 10.7 Å². The largest absolute Gasteiger partial charge is 0.383 e. The molecule has 0 unspecified atom stereocenters. The van der Waals surface area contributed by atoms with Crippen molar-refractivity contribution < 1.29 is 9.13 Å². The van der Waals surface area contributed by atoms with E-state index in [1.165, 1.54) is 12.1 Å². The average Bonchev–Trinajstić information content (AvgIpc) is 3.19. The highest BCUT2D eigenvalue weighted by Crippen LogP contribution is 2.48. The predicted molar refractivity (Wildman–Crippen MR) is 89.1 cm³/mol. The summed E-state index contributed by atoms with van der Waals surface area (Å²) in [7, 11) is 1.64. The summed E-state index contributed by atoms with van der Waals surface area (Å²) < 4.78 is 17.8. The van der Waals surface area contributed by atoms with Gasteiger partial charge >= 0.3 is 0 Å². The van der Waals surface area contributed by atoms with E-state index in [4.69, 9.17) is 10.5 Å². The fourth-order valence-electron chi connectivity index (χ4n) is 2.07. The Bertz CT molecular complexity index is 446. The minimum absolute atomic E-state index is 0. The zero-order valence-electron chi connectivity index (χ0n) is 11.6. The molecule has 1 fully saturated rings. The first-order valence-electron chi connectivity index (χ1n) is 6.45. The summed E-state index contributed by atoms with van der Waals surface area (Å²) >= 11 is 0. The number of halogens is 2. The molecule has 6 heteroatoms. The van der Waals surface area contributed by atoms with E-state index in [2.05, 4.69) is 10.3 Å². The summed E-state index contributed by atoms with van der Waals surface area (Å²) in [6.45, 7) is 1.89. The van der Waals surface area contributed by atoms with E-state index in [1.807, 2.05) is 12.1 Å². The maximum absolute atomic E-state index is 12.9. The molecule has 112 valence electrons. The number of guanidine groups is 1. The van der Waals surface area contributed by atoms with Gasteiger partial charge in [0.25, 0.3) is 0 Å². The summed E-state index contributed by atoms with van der Waals surface area (Å²) in [6, 6.07) is 6.68. The topological polar surface area (TPSA) is 59.6 Å². The lowest BCUT2D eigenvalue weighted by Crippen LogP contribution is -2.34. The van der Waals surface area contributed by atoms with Gasteiger partial charge in [-0.3, -0.25) is 4.99 Å². The van der Waals surface area contributed by atoms with Crippen molar-refractivity contribution in [1.29, 1.82) is 0 Å². The van der Waals surface area contributed by atoms with Crippen molar-refractivity contribution in [3.8, 4) is 0 Å². The van der Waals surface area contributed by atoms with Gasteiger partial charge in [-0.2, -0.15) is 0 Å². The summed E-state index contributed by atoms with van der Waals surface area (Å²) in [5.74, 6) is 0.231. The fourth-order valence-corrected chi connectivity index (χ4v) is 2.07. The van der Waals surface area contributed by atoms with Gasteiger partial charge in [0.1, 0.15) is 5.82 Å². The van der Waals surface area contributed by atoms with E-state index in [1.54, 1.807) is 7.11 Å². The number of nitrogens with one attached hydrogen (secondary N) is 1. The molecule has 0 spiro atoms. The van der Waals surface area contributed by atoms with E-state index >= 15 is 0 Å².